The van der Waals surface area contributed by atoms with Gasteiger partial charge in [-0.15, -0.1) is 0 Å². The molecule has 0 spiro atoms. The second-order valence-electron chi connectivity index (χ2n) is 5.64. The van der Waals surface area contributed by atoms with Crippen LogP contribution < -0.4 is 0 Å². The smallest absolute Gasteiger partial charge is 0.225 e. The molecule has 2 fully saturated rings. The van der Waals surface area contributed by atoms with E-state index in [9.17, 15) is 20.4 Å². The van der Waals surface area contributed by atoms with E-state index in [0.29, 0.717) is 0 Å². The van der Waals surface area contributed by atoms with E-state index >= 15 is 0 Å². The van der Waals surface area contributed by atoms with Crippen molar-refractivity contribution in [2.45, 2.75) is 62.5 Å². The lowest BCUT2D eigenvalue weighted by molar-refractivity contribution is -0.294. The van der Waals surface area contributed by atoms with Gasteiger partial charge in [-0.2, -0.15) is 0 Å². The van der Waals surface area contributed by atoms with E-state index in [4.69, 9.17) is 12.6 Å². The van der Waals surface area contributed by atoms with Gasteiger partial charge in [0.15, 0.2) is 7.85 Å². The van der Waals surface area contributed by atoms with Crippen molar-refractivity contribution in [3.05, 3.63) is 0 Å². The molecule has 2 aliphatic heterocycles. The molecule has 0 aromatic carbocycles. The molecule has 7 heteroatoms. The molecule has 0 aliphatic carbocycles. The Balaban J connectivity index is 2.33. The number of hydrogen-bond acceptors (Lipinski definition) is 6. The Labute approximate surface area is 108 Å². The number of rotatable bonds is 3. The van der Waals surface area contributed by atoms with Crippen LogP contribution in [0.1, 0.15) is 33.1 Å². The zero-order valence-corrected chi connectivity index (χ0v) is 10.7. The number of β-amino-alcohol motifs (C(OH)–C–C–N with tert-alkyl or cyclic N) is 1. The van der Waals surface area contributed by atoms with Crippen molar-refractivity contribution in [3.63, 3.8) is 0 Å². The summed E-state index contributed by atoms with van der Waals surface area (Å²) < 4.78 is 5.33. The van der Waals surface area contributed by atoms with E-state index in [-0.39, 0.29) is 31.9 Å². The molecule has 2 heterocycles. The summed E-state index contributed by atoms with van der Waals surface area (Å²) in [6.07, 6.45) is -0.635. The van der Waals surface area contributed by atoms with E-state index in [1.54, 1.807) is 13.8 Å². The van der Waals surface area contributed by atoms with Gasteiger partial charge in [-0.1, -0.05) is 0 Å². The van der Waals surface area contributed by atoms with Crippen molar-refractivity contribution in [1.82, 2.24) is 4.90 Å². The van der Waals surface area contributed by atoms with Crippen molar-refractivity contribution in [2.75, 3.05) is 6.54 Å². The van der Waals surface area contributed by atoms with Crippen LogP contribution in [0.3, 0.4) is 0 Å². The Morgan fingerprint density at radius 1 is 1.39 bits per heavy atom. The molecule has 102 valence electrons. The molecule has 3 unspecified atom stereocenters. The summed E-state index contributed by atoms with van der Waals surface area (Å²) in [5.74, 6) is -2.06. The Morgan fingerprint density at radius 3 is 2.56 bits per heavy atom. The van der Waals surface area contributed by atoms with Crippen molar-refractivity contribution in [1.29, 1.82) is 0 Å². The van der Waals surface area contributed by atoms with Gasteiger partial charge in [-0.3, -0.25) is 0 Å². The number of hydrogen-bond donors (Lipinski definition) is 4. The molecule has 2 rings (SSSR count). The molecule has 2 radical (unpaired) electrons. The standard InChI is InChI=1S/C11H20BNO5/c1-7(2)18-11(12,17)9-3-4-10(15,16)13(9)6-8(14)5-9/h7-8,14-17H,3-6H2,1-2H3. The molecular weight excluding hydrogens is 237 g/mol. The fourth-order valence-corrected chi connectivity index (χ4v) is 3.17. The van der Waals surface area contributed by atoms with E-state index in [1.807, 2.05) is 0 Å². The van der Waals surface area contributed by atoms with Crippen LogP contribution in [0.2, 0.25) is 0 Å². The second kappa shape index (κ2) is 4.16. The lowest BCUT2D eigenvalue weighted by Crippen LogP contribution is -2.64. The van der Waals surface area contributed by atoms with Gasteiger partial charge in [0.25, 0.3) is 0 Å². The molecule has 2 aliphatic rings. The SMILES string of the molecule is [B]C(O)(OC(C)C)C12CCC(O)(O)N1CC(O)C2. The first-order chi connectivity index (χ1) is 8.11. The largest absolute Gasteiger partial charge is 0.392 e. The van der Waals surface area contributed by atoms with Crippen molar-refractivity contribution < 1.29 is 25.2 Å². The molecule has 0 aromatic heterocycles. The van der Waals surface area contributed by atoms with Gasteiger partial charge in [0.05, 0.1) is 17.7 Å². The van der Waals surface area contributed by atoms with Gasteiger partial charge in [-0.25, -0.2) is 4.90 Å². The molecule has 0 bridgehead atoms. The maximum Gasteiger partial charge on any atom is 0.225 e. The molecule has 0 saturated carbocycles. The number of aliphatic hydroxyl groups is 4. The normalized spacial score (nSPS) is 38.9. The zero-order valence-electron chi connectivity index (χ0n) is 10.7. The first-order valence-electron chi connectivity index (χ1n) is 6.20. The lowest BCUT2D eigenvalue weighted by Gasteiger charge is -2.47. The first kappa shape index (κ1) is 14.2. The van der Waals surface area contributed by atoms with Crippen LogP contribution in [-0.2, 0) is 4.74 Å². The summed E-state index contributed by atoms with van der Waals surface area (Å²) in [6.45, 7) is 3.50. The molecule has 0 aromatic rings. The Hall–Kier alpha value is -0.175. The van der Waals surface area contributed by atoms with Crippen LogP contribution in [0, 0.1) is 0 Å². The third kappa shape index (κ3) is 1.99. The van der Waals surface area contributed by atoms with Crippen molar-refractivity contribution >= 4 is 7.85 Å². The third-order valence-electron chi connectivity index (χ3n) is 3.87. The summed E-state index contributed by atoms with van der Waals surface area (Å²) in [5, 5.41) is 39.9. The predicted molar refractivity (Wildman–Crippen MR) is 63.4 cm³/mol. The predicted octanol–water partition coefficient (Wildman–Crippen LogP) is -1.54. The number of fused-ring (bicyclic) bond motifs is 1. The fourth-order valence-electron chi connectivity index (χ4n) is 3.17. The third-order valence-corrected chi connectivity index (χ3v) is 3.87. The van der Waals surface area contributed by atoms with E-state index in [1.165, 1.54) is 4.90 Å². The lowest BCUT2D eigenvalue weighted by atomic mass is 9.72. The molecule has 3 atom stereocenters. The van der Waals surface area contributed by atoms with E-state index < -0.39 is 23.2 Å². The second-order valence-corrected chi connectivity index (χ2v) is 5.64. The van der Waals surface area contributed by atoms with Gasteiger partial charge in [0.1, 0.15) is 5.69 Å². The molecule has 0 amide bonds. The minimum atomic E-state index is -2.06. The van der Waals surface area contributed by atoms with Crippen LogP contribution in [0.4, 0.5) is 0 Å². The van der Waals surface area contributed by atoms with Crippen LogP contribution in [0.15, 0.2) is 0 Å². The highest BCUT2D eigenvalue weighted by molar-refractivity contribution is 6.14. The molecule has 6 nitrogen and oxygen atoms in total. The highest BCUT2D eigenvalue weighted by atomic mass is 16.6. The number of ether oxygens (including phenoxy) is 1. The Morgan fingerprint density at radius 2 is 2.00 bits per heavy atom. The van der Waals surface area contributed by atoms with E-state index in [0.717, 1.165) is 0 Å². The van der Waals surface area contributed by atoms with Crippen LogP contribution in [0.5, 0.6) is 0 Å². The van der Waals surface area contributed by atoms with Gasteiger partial charge in [-0.05, 0) is 26.7 Å². The fraction of sp³-hybridized carbons (Fsp3) is 1.00. The average molecular weight is 257 g/mol. The highest BCUT2D eigenvalue weighted by Crippen LogP contribution is 2.51. The van der Waals surface area contributed by atoms with Gasteiger partial charge < -0.3 is 25.2 Å². The zero-order chi connectivity index (χ0) is 13.8. The van der Waals surface area contributed by atoms with Crippen LogP contribution in [0.25, 0.3) is 0 Å². The van der Waals surface area contributed by atoms with E-state index in [2.05, 4.69) is 0 Å². The molecular formula is C11H20BNO5. The summed E-state index contributed by atoms with van der Waals surface area (Å²) in [4.78, 5) is 1.24. The molecule has 4 N–H and O–H groups in total. The van der Waals surface area contributed by atoms with Gasteiger partial charge >= 0.3 is 0 Å². The first-order valence-corrected chi connectivity index (χ1v) is 6.20. The van der Waals surface area contributed by atoms with Gasteiger partial charge in [0.2, 0.25) is 5.91 Å². The van der Waals surface area contributed by atoms with Crippen molar-refractivity contribution in [3.8, 4) is 0 Å². The Kier molecular flexibility index (Phi) is 3.29. The maximum absolute atomic E-state index is 10.4. The highest BCUT2D eigenvalue weighted by Gasteiger charge is 2.66. The topological polar surface area (TPSA) is 93.4 Å². The van der Waals surface area contributed by atoms with Gasteiger partial charge in [0, 0.05) is 13.0 Å². The summed E-state index contributed by atoms with van der Waals surface area (Å²) in [6, 6.07) is 0. The maximum atomic E-state index is 10.4. The number of nitrogens with zero attached hydrogens (tertiary/aromatic N) is 1. The van der Waals surface area contributed by atoms with Crippen LogP contribution in [-0.4, -0.2) is 69.1 Å². The van der Waals surface area contributed by atoms with Crippen molar-refractivity contribution in [2.24, 2.45) is 0 Å². The quantitative estimate of drug-likeness (QED) is 0.362. The Bertz CT molecular complexity index is 335. The minimum absolute atomic E-state index is 0.0496. The summed E-state index contributed by atoms with van der Waals surface area (Å²) in [5.41, 5.74) is -3.20. The average Bonchev–Trinajstić information content (AvgIpc) is 2.63. The monoisotopic (exact) mass is 257 g/mol. The summed E-state index contributed by atoms with van der Waals surface area (Å²) >= 11 is 0. The molecule has 18 heavy (non-hydrogen) atoms. The minimum Gasteiger partial charge on any atom is -0.392 e. The molecule has 2 saturated heterocycles. The van der Waals surface area contributed by atoms with Crippen LogP contribution >= 0.6 is 0 Å². The number of aliphatic hydroxyl groups excluding tert-OH is 1. The summed E-state index contributed by atoms with van der Waals surface area (Å²) in [7, 11) is 5.84.